The van der Waals surface area contributed by atoms with E-state index in [4.69, 9.17) is 4.74 Å². The fourth-order valence-electron chi connectivity index (χ4n) is 2.53. The van der Waals surface area contributed by atoms with E-state index >= 15 is 0 Å². The van der Waals surface area contributed by atoms with Crippen LogP contribution in [0.25, 0.3) is 16.9 Å². The van der Waals surface area contributed by atoms with E-state index in [1.165, 1.54) is 5.56 Å². The van der Waals surface area contributed by atoms with Crippen molar-refractivity contribution in [1.29, 1.82) is 0 Å². The van der Waals surface area contributed by atoms with Crippen molar-refractivity contribution in [2.75, 3.05) is 7.11 Å². The van der Waals surface area contributed by atoms with Gasteiger partial charge in [0.1, 0.15) is 5.75 Å². The molecule has 3 rings (SSSR count). The first-order valence-corrected chi connectivity index (χ1v) is 7.58. The predicted molar refractivity (Wildman–Crippen MR) is 90.9 cm³/mol. The third kappa shape index (κ3) is 3.12. The molecule has 1 heterocycles. The topological polar surface area (TPSA) is 47.3 Å². The van der Waals surface area contributed by atoms with Gasteiger partial charge in [-0.3, -0.25) is 0 Å². The molecule has 1 unspecified atom stereocenters. The van der Waals surface area contributed by atoms with Crippen LogP contribution in [0.15, 0.2) is 54.6 Å². The number of aliphatic hydroxyl groups excluding tert-OH is 1. The van der Waals surface area contributed by atoms with E-state index in [-0.39, 0.29) is 0 Å². The summed E-state index contributed by atoms with van der Waals surface area (Å²) >= 11 is 0. The quantitative estimate of drug-likeness (QED) is 0.795. The molecule has 2 aromatic carbocycles. The third-order valence-corrected chi connectivity index (χ3v) is 3.79. The summed E-state index contributed by atoms with van der Waals surface area (Å²) in [7, 11) is 1.65. The van der Waals surface area contributed by atoms with Gasteiger partial charge in [0.2, 0.25) is 0 Å². The van der Waals surface area contributed by atoms with Crippen LogP contribution in [-0.2, 0) is 0 Å². The highest BCUT2D eigenvalue weighted by atomic mass is 16.5. The Morgan fingerprint density at radius 1 is 1.09 bits per heavy atom. The zero-order chi connectivity index (χ0) is 16.4. The molecule has 118 valence electrons. The molecule has 0 saturated carbocycles. The maximum atomic E-state index is 9.90. The van der Waals surface area contributed by atoms with Crippen molar-refractivity contribution in [1.82, 2.24) is 9.78 Å². The second-order valence-corrected chi connectivity index (χ2v) is 5.61. The molecule has 4 nitrogen and oxygen atoms in total. The van der Waals surface area contributed by atoms with Crippen molar-refractivity contribution in [3.8, 4) is 22.7 Å². The Balaban J connectivity index is 2.14. The van der Waals surface area contributed by atoms with Crippen molar-refractivity contribution in [2.24, 2.45) is 0 Å². The molecule has 0 saturated heterocycles. The Bertz CT molecular complexity index is 804. The van der Waals surface area contributed by atoms with Gasteiger partial charge >= 0.3 is 0 Å². The second-order valence-electron chi connectivity index (χ2n) is 5.61. The van der Waals surface area contributed by atoms with Crippen LogP contribution in [0.2, 0.25) is 0 Å². The van der Waals surface area contributed by atoms with Gasteiger partial charge in [-0.05, 0) is 50.2 Å². The molecule has 4 heteroatoms. The summed E-state index contributed by atoms with van der Waals surface area (Å²) in [5, 5.41) is 14.5. The largest absolute Gasteiger partial charge is 0.497 e. The van der Waals surface area contributed by atoms with E-state index in [9.17, 15) is 5.11 Å². The standard InChI is InChI=1S/C19H20N2O2/c1-13-5-4-6-15(11-13)19-12-18(14(2)22)20-21(19)16-7-9-17(23-3)10-8-16/h4-12,14,22H,1-3H3. The van der Waals surface area contributed by atoms with E-state index in [1.54, 1.807) is 14.0 Å². The minimum atomic E-state index is -0.613. The van der Waals surface area contributed by atoms with Crippen LogP contribution in [0, 0.1) is 6.92 Å². The number of hydrogen-bond acceptors (Lipinski definition) is 3. The summed E-state index contributed by atoms with van der Waals surface area (Å²) < 4.78 is 7.07. The molecule has 1 N–H and O–H groups in total. The highest BCUT2D eigenvalue weighted by molar-refractivity contribution is 5.63. The van der Waals surface area contributed by atoms with Crippen molar-refractivity contribution in [3.05, 3.63) is 65.9 Å². The first-order valence-electron chi connectivity index (χ1n) is 7.58. The van der Waals surface area contributed by atoms with Crippen LogP contribution >= 0.6 is 0 Å². The van der Waals surface area contributed by atoms with Gasteiger partial charge in [0.25, 0.3) is 0 Å². The fourth-order valence-corrected chi connectivity index (χ4v) is 2.53. The average Bonchev–Trinajstić information content (AvgIpc) is 3.00. The molecular weight excluding hydrogens is 288 g/mol. The van der Waals surface area contributed by atoms with Crippen molar-refractivity contribution >= 4 is 0 Å². The molecule has 0 aliphatic rings. The number of hydrogen-bond donors (Lipinski definition) is 1. The molecule has 0 aliphatic heterocycles. The first-order chi connectivity index (χ1) is 11.1. The Labute approximate surface area is 136 Å². The number of aliphatic hydroxyl groups is 1. The Morgan fingerprint density at radius 2 is 1.83 bits per heavy atom. The van der Waals surface area contributed by atoms with Gasteiger partial charge in [0.15, 0.2) is 0 Å². The number of aromatic nitrogens is 2. The van der Waals surface area contributed by atoms with Crippen LogP contribution < -0.4 is 4.74 Å². The van der Waals surface area contributed by atoms with Crippen LogP contribution in [0.4, 0.5) is 0 Å². The van der Waals surface area contributed by atoms with Gasteiger partial charge in [0, 0.05) is 5.56 Å². The number of ether oxygens (including phenoxy) is 1. The Hall–Kier alpha value is -2.59. The number of rotatable bonds is 4. The smallest absolute Gasteiger partial charge is 0.119 e. The molecule has 0 spiro atoms. The maximum Gasteiger partial charge on any atom is 0.119 e. The lowest BCUT2D eigenvalue weighted by Crippen LogP contribution is -2.01. The minimum absolute atomic E-state index is 0.613. The molecule has 0 amide bonds. The molecule has 1 atom stereocenters. The van der Waals surface area contributed by atoms with Crippen LogP contribution in [0.5, 0.6) is 5.75 Å². The maximum absolute atomic E-state index is 9.90. The zero-order valence-electron chi connectivity index (χ0n) is 13.5. The summed E-state index contributed by atoms with van der Waals surface area (Å²) in [6.45, 7) is 3.79. The van der Waals surface area contributed by atoms with E-state index in [1.807, 2.05) is 41.1 Å². The Kier molecular flexibility index (Phi) is 4.17. The summed E-state index contributed by atoms with van der Waals surface area (Å²) in [6.07, 6.45) is -0.613. The molecular formula is C19H20N2O2. The zero-order valence-corrected chi connectivity index (χ0v) is 13.5. The van der Waals surface area contributed by atoms with Crippen molar-refractivity contribution < 1.29 is 9.84 Å². The SMILES string of the molecule is COc1ccc(-n2nc(C(C)O)cc2-c2cccc(C)c2)cc1. The van der Waals surface area contributed by atoms with E-state index in [2.05, 4.69) is 30.2 Å². The lowest BCUT2D eigenvalue weighted by Gasteiger charge is -2.09. The van der Waals surface area contributed by atoms with Crippen LogP contribution in [0.3, 0.4) is 0 Å². The molecule has 0 aliphatic carbocycles. The van der Waals surface area contributed by atoms with Crippen LogP contribution in [0.1, 0.15) is 24.3 Å². The number of aryl methyl sites for hydroxylation is 1. The Morgan fingerprint density at radius 3 is 2.43 bits per heavy atom. The molecule has 1 aromatic heterocycles. The fraction of sp³-hybridized carbons (Fsp3) is 0.211. The van der Waals surface area contributed by atoms with E-state index < -0.39 is 6.10 Å². The molecule has 0 fully saturated rings. The van der Waals surface area contributed by atoms with Crippen molar-refractivity contribution in [2.45, 2.75) is 20.0 Å². The molecule has 23 heavy (non-hydrogen) atoms. The van der Waals surface area contributed by atoms with Gasteiger partial charge in [-0.2, -0.15) is 5.10 Å². The molecule has 0 radical (unpaired) electrons. The summed E-state index contributed by atoms with van der Waals surface area (Å²) in [4.78, 5) is 0. The van der Waals surface area contributed by atoms with Gasteiger partial charge in [-0.1, -0.05) is 23.8 Å². The summed E-state index contributed by atoms with van der Waals surface area (Å²) in [5.41, 5.74) is 4.78. The van der Waals surface area contributed by atoms with Gasteiger partial charge < -0.3 is 9.84 Å². The monoisotopic (exact) mass is 308 g/mol. The normalized spacial score (nSPS) is 12.2. The number of benzene rings is 2. The molecule has 3 aromatic rings. The number of methoxy groups -OCH3 is 1. The predicted octanol–water partition coefficient (Wildman–Crippen LogP) is 3.91. The summed E-state index contributed by atoms with van der Waals surface area (Å²) in [6, 6.07) is 17.9. The summed E-state index contributed by atoms with van der Waals surface area (Å²) in [5.74, 6) is 0.800. The highest BCUT2D eigenvalue weighted by Crippen LogP contribution is 2.27. The minimum Gasteiger partial charge on any atom is -0.497 e. The van der Waals surface area contributed by atoms with Gasteiger partial charge in [-0.15, -0.1) is 0 Å². The highest BCUT2D eigenvalue weighted by Gasteiger charge is 2.14. The second kappa shape index (κ2) is 6.26. The lowest BCUT2D eigenvalue weighted by molar-refractivity contribution is 0.193. The third-order valence-electron chi connectivity index (χ3n) is 3.79. The first kappa shape index (κ1) is 15.3. The van der Waals surface area contributed by atoms with Crippen molar-refractivity contribution in [3.63, 3.8) is 0 Å². The average molecular weight is 308 g/mol. The number of nitrogens with zero attached hydrogens (tertiary/aromatic N) is 2. The van der Waals surface area contributed by atoms with E-state index in [0.29, 0.717) is 5.69 Å². The van der Waals surface area contributed by atoms with E-state index in [0.717, 1.165) is 22.7 Å². The van der Waals surface area contributed by atoms with Gasteiger partial charge in [-0.25, -0.2) is 4.68 Å². The lowest BCUT2D eigenvalue weighted by atomic mass is 10.1. The molecule has 0 bridgehead atoms. The van der Waals surface area contributed by atoms with Crippen LogP contribution in [-0.4, -0.2) is 22.0 Å². The van der Waals surface area contributed by atoms with Gasteiger partial charge in [0.05, 0.1) is 30.3 Å².